The number of aromatic nitrogens is 3. The van der Waals surface area contributed by atoms with Gasteiger partial charge in [-0.05, 0) is 6.07 Å². The molecule has 84 valence electrons. The van der Waals surface area contributed by atoms with Gasteiger partial charge in [-0.2, -0.15) is 0 Å². The van der Waals surface area contributed by atoms with Crippen molar-refractivity contribution in [1.82, 2.24) is 15.0 Å². The number of fused-ring (bicyclic) bond motifs is 1. The molecule has 1 aromatic carbocycles. The van der Waals surface area contributed by atoms with Gasteiger partial charge in [-0.1, -0.05) is 37.3 Å². The summed E-state index contributed by atoms with van der Waals surface area (Å²) in [5.41, 5.74) is 4.07. The van der Waals surface area contributed by atoms with E-state index < -0.39 is 0 Å². The fraction of sp³-hybridized carbons (Fsp3) is 0.143. The molecule has 0 saturated carbocycles. The molecule has 0 fully saturated rings. The third-order valence-corrected chi connectivity index (χ3v) is 2.82. The molecule has 3 nitrogen and oxygen atoms in total. The van der Waals surface area contributed by atoms with Gasteiger partial charge in [0.2, 0.25) is 0 Å². The molecule has 1 N–H and O–H groups in total. The summed E-state index contributed by atoms with van der Waals surface area (Å²) >= 11 is 0. The number of nitrogens with one attached hydrogen (secondary N) is 1. The van der Waals surface area contributed by atoms with E-state index in [-0.39, 0.29) is 0 Å². The highest BCUT2D eigenvalue weighted by molar-refractivity contribution is 5.79. The fourth-order valence-corrected chi connectivity index (χ4v) is 1.90. The van der Waals surface area contributed by atoms with Crippen molar-refractivity contribution in [3.63, 3.8) is 0 Å². The molecule has 3 aromatic rings. The smallest absolute Gasteiger partial charge is 0.106 e. The van der Waals surface area contributed by atoms with Crippen LogP contribution in [0.15, 0.2) is 42.6 Å². The number of aryl methyl sites for hydroxylation is 1. The molecule has 0 aliphatic carbocycles. The highest BCUT2D eigenvalue weighted by atomic mass is 14.9. The zero-order valence-corrected chi connectivity index (χ0v) is 9.64. The van der Waals surface area contributed by atoms with E-state index in [0.717, 1.165) is 34.5 Å². The summed E-state index contributed by atoms with van der Waals surface area (Å²) in [7, 11) is 0. The van der Waals surface area contributed by atoms with E-state index in [1.165, 1.54) is 0 Å². The molecule has 0 bridgehead atoms. The van der Waals surface area contributed by atoms with Crippen LogP contribution >= 0.6 is 0 Å². The van der Waals surface area contributed by atoms with E-state index in [1.54, 1.807) is 0 Å². The Hall–Kier alpha value is -2.16. The first-order chi connectivity index (χ1) is 8.36. The average molecular weight is 223 g/mol. The monoisotopic (exact) mass is 223 g/mol. The maximum atomic E-state index is 4.52. The standard InChI is InChI=1S/C14H13N3/c1-2-14-16-12-8-11(15-9-13(12)17-14)10-6-4-3-5-7-10/h3-9H,2H2,1H3,(H,16,17). The van der Waals surface area contributed by atoms with Crippen molar-refractivity contribution >= 4 is 11.0 Å². The van der Waals surface area contributed by atoms with E-state index in [0.29, 0.717) is 0 Å². The first-order valence-corrected chi connectivity index (χ1v) is 5.77. The van der Waals surface area contributed by atoms with Gasteiger partial charge in [-0.25, -0.2) is 4.98 Å². The van der Waals surface area contributed by atoms with Crippen molar-refractivity contribution in [2.24, 2.45) is 0 Å². The van der Waals surface area contributed by atoms with Gasteiger partial charge in [0.25, 0.3) is 0 Å². The highest BCUT2D eigenvalue weighted by Crippen LogP contribution is 2.20. The lowest BCUT2D eigenvalue weighted by molar-refractivity contribution is 1.00. The number of nitrogens with zero attached hydrogens (tertiary/aromatic N) is 2. The molecule has 0 aliphatic heterocycles. The van der Waals surface area contributed by atoms with E-state index in [1.807, 2.05) is 30.5 Å². The summed E-state index contributed by atoms with van der Waals surface area (Å²) in [4.78, 5) is 12.2. The minimum atomic E-state index is 0.912. The Bertz CT molecular complexity index is 641. The molecule has 2 aromatic heterocycles. The molecule has 0 spiro atoms. The lowest BCUT2D eigenvalue weighted by atomic mass is 10.1. The third kappa shape index (κ3) is 1.80. The number of hydrogen-bond acceptors (Lipinski definition) is 2. The number of aromatic amines is 1. The maximum absolute atomic E-state index is 4.52. The zero-order valence-electron chi connectivity index (χ0n) is 9.64. The summed E-state index contributed by atoms with van der Waals surface area (Å²) in [6.07, 6.45) is 2.76. The molecule has 0 aliphatic rings. The second-order valence-electron chi connectivity index (χ2n) is 3.99. The van der Waals surface area contributed by atoms with Crippen molar-refractivity contribution in [3.05, 3.63) is 48.4 Å². The van der Waals surface area contributed by atoms with Crippen LogP contribution in [-0.4, -0.2) is 15.0 Å². The van der Waals surface area contributed by atoms with Crippen molar-refractivity contribution in [3.8, 4) is 11.3 Å². The second-order valence-corrected chi connectivity index (χ2v) is 3.99. The quantitative estimate of drug-likeness (QED) is 0.725. The minimum absolute atomic E-state index is 0.912. The van der Waals surface area contributed by atoms with Crippen LogP contribution in [0.5, 0.6) is 0 Å². The molecule has 0 atom stereocenters. The van der Waals surface area contributed by atoms with Gasteiger partial charge in [0.1, 0.15) is 5.82 Å². The predicted molar refractivity (Wildman–Crippen MR) is 68.7 cm³/mol. The summed E-state index contributed by atoms with van der Waals surface area (Å²) in [6.45, 7) is 2.09. The normalized spacial score (nSPS) is 10.9. The van der Waals surface area contributed by atoms with Gasteiger partial charge in [-0.3, -0.25) is 4.98 Å². The molecular formula is C14H13N3. The van der Waals surface area contributed by atoms with Gasteiger partial charge >= 0.3 is 0 Å². The van der Waals surface area contributed by atoms with E-state index in [2.05, 4.69) is 34.0 Å². The van der Waals surface area contributed by atoms with Crippen LogP contribution in [0, 0.1) is 0 Å². The summed E-state index contributed by atoms with van der Waals surface area (Å²) in [5, 5.41) is 0. The molecule has 3 heteroatoms. The summed E-state index contributed by atoms with van der Waals surface area (Å²) in [5.74, 6) is 1.01. The SMILES string of the molecule is CCc1nc2cc(-c3ccccc3)ncc2[nH]1. The van der Waals surface area contributed by atoms with E-state index in [9.17, 15) is 0 Å². The van der Waals surface area contributed by atoms with Crippen molar-refractivity contribution < 1.29 is 0 Å². The van der Waals surface area contributed by atoms with Crippen molar-refractivity contribution in [2.75, 3.05) is 0 Å². The van der Waals surface area contributed by atoms with Crippen LogP contribution in [0.3, 0.4) is 0 Å². The summed E-state index contributed by atoms with van der Waals surface area (Å²) < 4.78 is 0. The molecule has 0 radical (unpaired) electrons. The Labute approximate surface area is 99.5 Å². The first-order valence-electron chi connectivity index (χ1n) is 5.77. The second kappa shape index (κ2) is 4.01. The predicted octanol–water partition coefficient (Wildman–Crippen LogP) is 3.19. The van der Waals surface area contributed by atoms with Crippen molar-refractivity contribution in [2.45, 2.75) is 13.3 Å². The Morgan fingerprint density at radius 3 is 2.76 bits per heavy atom. The number of pyridine rings is 1. The Balaban J connectivity index is 2.13. The zero-order chi connectivity index (χ0) is 11.7. The van der Waals surface area contributed by atoms with Gasteiger partial charge in [0.15, 0.2) is 0 Å². The Morgan fingerprint density at radius 2 is 2.00 bits per heavy atom. The number of imidazole rings is 1. The number of hydrogen-bond donors (Lipinski definition) is 1. The largest absolute Gasteiger partial charge is 0.341 e. The number of H-pyrrole nitrogens is 1. The minimum Gasteiger partial charge on any atom is -0.341 e. The van der Waals surface area contributed by atoms with Crippen LogP contribution in [-0.2, 0) is 6.42 Å². The van der Waals surface area contributed by atoms with E-state index in [4.69, 9.17) is 0 Å². The van der Waals surface area contributed by atoms with Gasteiger partial charge in [-0.15, -0.1) is 0 Å². The molecule has 3 rings (SSSR count). The first kappa shape index (κ1) is 10.0. The Kier molecular flexibility index (Phi) is 2.37. The van der Waals surface area contributed by atoms with Crippen LogP contribution in [0.1, 0.15) is 12.7 Å². The third-order valence-electron chi connectivity index (χ3n) is 2.82. The highest BCUT2D eigenvalue weighted by Gasteiger charge is 2.04. The Morgan fingerprint density at radius 1 is 1.18 bits per heavy atom. The molecule has 0 saturated heterocycles. The van der Waals surface area contributed by atoms with Crippen LogP contribution < -0.4 is 0 Å². The van der Waals surface area contributed by atoms with Crippen LogP contribution in [0.25, 0.3) is 22.3 Å². The summed E-state index contributed by atoms with van der Waals surface area (Å²) in [6, 6.07) is 12.2. The molecule has 0 unspecified atom stereocenters. The van der Waals surface area contributed by atoms with Crippen LogP contribution in [0.4, 0.5) is 0 Å². The average Bonchev–Trinajstić information content (AvgIpc) is 2.81. The lowest BCUT2D eigenvalue weighted by Crippen LogP contribution is -1.82. The molecule has 0 amide bonds. The maximum Gasteiger partial charge on any atom is 0.106 e. The van der Waals surface area contributed by atoms with Crippen LogP contribution in [0.2, 0.25) is 0 Å². The topological polar surface area (TPSA) is 41.6 Å². The lowest BCUT2D eigenvalue weighted by Gasteiger charge is -1.99. The molecule has 2 heterocycles. The molecule has 17 heavy (non-hydrogen) atoms. The van der Waals surface area contributed by atoms with Gasteiger partial charge in [0, 0.05) is 12.0 Å². The fourth-order valence-electron chi connectivity index (χ4n) is 1.90. The molecular weight excluding hydrogens is 210 g/mol. The van der Waals surface area contributed by atoms with E-state index >= 15 is 0 Å². The number of benzene rings is 1. The van der Waals surface area contributed by atoms with Gasteiger partial charge < -0.3 is 4.98 Å². The number of rotatable bonds is 2. The van der Waals surface area contributed by atoms with Crippen molar-refractivity contribution in [1.29, 1.82) is 0 Å². The van der Waals surface area contributed by atoms with Gasteiger partial charge in [0.05, 0.1) is 22.9 Å².